The Labute approximate surface area is 197 Å². The lowest BCUT2D eigenvalue weighted by Gasteiger charge is -2.17. The van der Waals surface area contributed by atoms with E-state index in [0.29, 0.717) is 0 Å². The van der Waals surface area contributed by atoms with Gasteiger partial charge in [0.15, 0.2) is 0 Å². The summed E-state index contributed by atoms with van der Waals surface area (Å²) in [6.07, 6.45) is -0.799. The van der Waals surface area contributed by atoms with Crippen LogP contribution in [0.1, 0.15) is 36.8 Å². The molecule has 2 amide bonds. The molecule has 3 rings (SSSR count). The van der Waals surface area contributed by atoms with E-state index in [-0.39, 0.29) is 25.5 Å². The van der Waals surface area contributed by atoms with Gasteiger partial charge in [0, 0.05) is 18.4 Å². The van der Waals surface area contributed by atoms with Gasteiger partial charge in [-0.25, -0.2) is 9.59 Å². The molecule has 0 spiro atoms. The number of hydrogen-bond donors (Lipinski definition) is 3. The summed E-state index contributed by atoms with van der Waals surface area (Å²) < 4.78 is 9.90. The number of benzene rings is 2. The van der Waals surface area contributed by atoms with E-state index in [1.54, 1.807) is 6.92 Å². The standard InChI is InChI=1S/C25H28N2O7/c1-15(23(29)27-21(24(30)31)13-22(28)33-2)11-12-26-25(32)34-14-20-18-9-5-3-7-16(18)17-8-4-6-10-19(17)20/h3-10,15,20-21H,11-14H2,1-2H3,(H,26,32)(H,27,29)(H,30,31)/t15?,21-/m1/s1. The summed E-state index contributed by atoms with van der Waals surface area (Å²) in [6.45, 7) is 1.95. The number of ether oxygens (including phenoxy) is 2. The molecule has 0 heterocycles. The first-order valence-electron chi connectivity index (χ1n) is 11.0. The highest BCUT2D eigenvalue weighted by Crippen LogP contribution is 2.44. The molecule has 2 atom stereocenters. The monoisotopic (exact) mass is 468 g/mol. The second-order valence-corrected chi connectivity index (χ2v) is 8.12. The lowest BCUT2D eigenvalue weighted by atomic mass is 9.98. The molecule has 0 saturated carbocycles. The number of fused-ring (bicyclic) bond motifs is 3. The number of aliphatic carboxylic acids is 1. The Morgan fingerprint density at radius 3 is 2.15 bits per heavy atom. The normalized spacial score (nSPS) is 13.7. The number of hydrogen-bond acceptors (Lipinski definition) is 6. The van der Waals surface area contributed by atoms with Gasteiger partial charge in [0.2, 0.25) is 5.91 Å². The number of alkyl carbamates (subject to hydrolysis) is 1. The number of carboxylic acids is 1. The molecule has 2 aromatic rings. The first kappa shape index (κ1) is 24.8. The molecule has 0 bridgehead atoms. The van der Waals surface area contributed by atoms with Gasteiger partial charge in [0.25, 0.3) is 0 Å². The van der Waals surface area contributed by atoms with Crippen LogP contribution >= 0.6 is 0 Å². The molecule has 0 aliphatic heterocycles. The summed E-state index contributed by atoms with van der Waals surface area (Å²) in [7, 11) is 1.14. The van der Waals surface area contributed by atoms with Crippen LogP contribution < -0.4 is 10.6 Å². The molecule has 34 heavy (non-hydrogen) atoms. The van der Waals surface area contributed by atoms with Crippen LogP contribution in [0.2, 0.25) is 0 Å². The van der Waals surface area contributed by atoms with Crippen molar-refractivity contribution < 1.29 is 33.8 Å². The van der Waals surface area contributed by atoms with Crippen molar-refractivity contribution in [2.75, 3.05) is 20.3 Å². The molecule has 1 aliphatic carbocycles. The molecule has 0 fully saturated rings. The maximum absolute atomic E-state index is 12.3. The van der Waals surface area contributed by atoms with Crippen molar-refractivity contribution in [1.29, 1.82) is 0 Å². The molecule has 1 aliphatic rings. The summed E-state index contributed by atoms with van der Waals surface area (Å²) in [6, 6.07) is 14.7. The number of carbonyl (C=O) groups is 4. The molecule has 3 N–H and O–H groups in total. The predicted molar refractivity (Wildman–Crippen MR) is 123 cm³/mol. The second kappa shape index (κ2) is 11.3. The number of carbonyl (C=O) groups excluding carboxylic acids is 3. The van der Waals surface area contributed by atoms with Gasteiger partial charge in [-0.1, -0.05) is 55.5 Å². The summed E-state index contributed by atoms with van der Waals surface area (Å²) in [4.78, 5) is 47.1. The average molecular weight is 469 g/mol. The van der Waals surface area contributed by atoms with E-state index in [4.69, 9.17) is 4.74 Å². The highest BCUT2D eigenvalue weighted by Gasteiger charge is 2.29. The van der Waals surface area contributed by atoms with Crippen LogP contribution in [0.3, 0.4) is 0 Å². The van der Waals surface area contributed by atoms with Crippen molar-refractivity contribution in [1.82, 2.24) is 10.6 Å². The lowest BCUT2D eigenvalue weighted by molar-refractivity contribution is -0.149. The fourth-order valence-electron chi connectivity index (χ4n) is 3.94. The topological polar surface area (TPSA) is 131 Å². The maximum Gasteiger partial charge on any atom is 0.407 e. The van der Waals surface area contributed by atoms with Gasteiger partial charge >= 0.3 is 18.0 Å². The number of rotatable bonds is 10. The van der Waals surface area contributed by atoms with E-state index in [2.05, 4.69) is 27.5 Å². The number of methoxy groups -OCH3 is 1. The number of amides is 2. The van der Waals surface area contributed by atoms with Crippen molar-refractivity contribution in [2.24, 2.45) is 5.92 Å². The van der Waals surface area contributed by atoms with E-state index in [1.165, 1.54) is 0 Å². The highest BCUT2D eigenvalue weighted by molar-refractivity contribution is 5.88. The van der Waals surface area contributed by atoms with Crippen LogP contribution in [0.5, 0.6) is 0 Å². The van der Waals surface area contributed by atoms with Gasteiger partial charge in [-0.15, -0.1) is 0 Å². The van der Waals surface area contributed by atoms with E-state index in [1.807, 2.05) is 36.4 Å². The number of esters is 1. The summed E-state index contributed by atoms with van der Waals surface area (Å²) in [5, 5.41) is 14.1. The van der Waals surface area contributed by atoms with Crippen molar-refractivity contribution in [3.05, 3.63) is 59.7 Å². The van der Waals surface area contributed by atoms with Crippen LogP contribution in [0, 0.1) is 5.92 Å². The van der Waals surface area contributed by atoms with Gasteiger partial charge < -0.3 is 25.2 Å². The fraction of sp³-hybridized carbons (Fsp3) is 0.360. The zero-order valence-corrected chi connectivity index (χ0v) is 19.1. The molecule has 0 saturated heterocycles. The van der Waals surface area contributed by atoms with Gasteiger partial charge in [-0.3, -0.25) is 9.59 Å². The Balaban J connectivity index is 1.45. The molecule has 0 aromatic heterocycles. The molecular weight excluding hydrogens is 440 g/mol. The number of nitrogens with one attached hydrogen (secondary N) is 2. The summed E-state index contributed by atoms with van der Waals surface area (Å²) in [5.74, 6) is -3.25. The third-order valence-electron chi connectivity index (χ3n) is 5.85. The zero-order valence-electron chi connectivity index (χ0n) is 19.1. The fourth-order valence-corrected chi connectivity index (χ4v) is 3.94. The van der Waals surface area contributed by atoms with Gasteiger partial charge in [-0.2, -0.15) is 0 Å². The summed E-state index contributed by atoms with van der Waals surface area (Å²) >= 11 is 0. The largest absolute Gasteiger partial charge is 0.480 e. The Kier molecular flexibility index (Phi) is 8.24. The molecule has 1 unspecified atom stereocenters. The molecule has 0 radical (unpaired) electrons. The zero-order chi connectivity index (χ0) is 24.7. The predicted octanol–water partition coefficient (Wildman–Crippen LogP) is 2.68. The lowest BCUT2D eigenvalue weighted by Crippen LogP contribution is -2.45. The average Bonchev–Trinajstić information content (AvgIpc) is 3.15. The number of carboxylic acid groups (broad SMARTS) is 1. The Hall–Kier alpha value is -3.88. The van der Waals surface area contributed by atoms with Crippen LogP contribution in [0.15, 0.2) is 48.5 Å². The third-order valence-corrected chi connectivity index (χ3v) is 5.85. The van der Waals surface area contributed by atoms with Crippen LogP contribution in [-0.2, 0) is 23.9 Å². The Bertz CT molecular complexity index is 1020. The first-order valence-corrected chi connectivity index (χ1v) is 11.0. The van der Waals surface area contributed by atoms with Gasteiger partial charge in [0.1, 0.15) is 12.6 Å². The minimum Gasteiger partial charge on any atom is -0.480 e. The van der Waals surface area contributed by atoms with E-state index >= 15 is 0 Å². The van der Waals surface area contributed by atoms with Crippen molar-refractivity contribution in [3.63, 3.8) is 0 Å². The Morgan fingerprint density at radius 2 is 1.59 bits per heavy atom. The highest BCUT2D eigenvalue weighted by atomic mass is 16.5. The molecule has 180 valence electrons. The Morgan fingerprint density at radius 1 is 1.00 bits per heavy atom. The van der Waals surface area contributed by atoms with Crippen molar-refractivity contribution >= 4 is 23.9 Å². The van der Waals surface area contributed by atoms with Gasteiger partial charge in [0.05, 0.1) is 13.5 Å². The molecular formula is C25H28N2O7. The maximum atomic E-state index is 12.3. The minimum absolute atomic E-state index is 0.0504. The van der Waals surface area contributed by atoms with Crippen LogP contribution in [0.25, 0.3) is 11.1 Å². The smallest absolute Gasteiger partial charge is 0.407 e. The molecule has 2 aromatic carbocycles. The third kappa shape index (κ3) is 5.92. The SMILES string of the molecule is COC(=O)C[C@@H](NC(=O)C(C)CCNC(=O)OCC1c2ccccc2-c2ccccc21)C(=O)O. The van der Waals surface area contributed by atoms with E-state index < -0.39 is 42.3 Å². The van der Waals surface area contributed by atoms with E-state index in [9.17, 15) is 24.3 Å². The van der Waals surface area contributed by atoms with Gasteiger partial charge in [-0.05, 0) is 28.7 Å². The van der Waals surface area contributed by atoms with Crippen molar-refractivity contribution in [2.45, 2.75) is 31.7 Å². The van der Waals surface area contributed by atoms with Crippen LogP contribution in [0.4, 0.5) is 4.79 Å². The van der Waals surface area contributed by atoms with Crippen LogP contribution in [-0.4, -0.2) is 55.3 Å². The molecule has 9 nitrogen and oxygen atoms in total. The molecule has 9 heteroatoms. The van der Waals surface area contributed by atoms with Crippen molar-refractivity contribution in [3.8, 4) is 11.1 Å². The minimum atomic E-state index is -1.38. The first-order chi connectivity index (χ1) is 16.3. The quantitative estimate of drug-likeness (QED) is 0.457. The summed E-state index contributed by atoms with van der Waals surface area (Å²) in [5.41, 5.74) is 4.50. The second-order valence-electron chi connectivity index (χ2n) is 8.12. The van der Waals surface area contributed by atoms with E-state index in [0.717, 1.165) is 29.4 Å².